The first-order valence-corrected chi connectivity index (χ1v) is 7.99. The van der Waals surface area contributed by atoms with Crippen molar-refractivity contribution >= 4 is 27.3 Å². The zero-order chi connectivity index (χ0) is 13.5. The monoisotopic (exact) mass is 339 g/mol. The molecule has 0 aliphatic rings. The number of hydrogen-bond donors (Lipinski definition) is 1. The Morgan fingerprint density at radius 2 is 2.21 bits per heavy atom. The third-order valence-electron chi connectivity index (χ3n) is 2.83. The highest BCUT2D eigenvalue weighted by atomic mass is 79.9. The maximum atomic E-state index is 5.64. The van der Waals surface area contributed by atoms with Crippen LogP contribution < -0.4 is 5.32 Å². The predicted octanol–water partition coefficient (Wildman–Crippen LogP) is 4.13. The van der Waals surface area contributed by atoms with E-state index in [4.69, 9.17) is 4.74 Å². The van der Waals surface area contributed by atoms with Crippen LogP contribution in [0.3, 0.4) is 0 Å². The van der Waals surface area contributed by atoms with Crippen LogP contribution in [0.4, 0.5) is 0 Å². The summed E-state index contributed by atoms with van der Waals surface area (Å²) in [6, 6.07) is 10.4. The molecule has 2 aromatic rings. The number of ether oxygens (including phenoxy) is 1. The van der Waals surface area contributed by atoms with E-state index in [0.717, 1.165) is 24.2 Å². The van der Waals surface area contributed by atoms with Crippen LogP contribution in [0.25, 0.3) is 0 Å². The number of hydrogen-bond acceptors (Lipinski definition) is 3. The Kier molecular flexibility index (Phi) is 6.04. The summed E-state index contributed by atoms with van der Waals surface area (Å²) in [6.45, 7) is 5.36. The van der Waals surface area contributed by atoms with Gasteiger partial charge in [-0.05, 0) is 41.6 Å². The Morgan fingerprint density at radius 3 is 2.95 bits per heavy atom. The van der Waals surface area contributed by atoms with Gasteiger partial charge in [0.05, 0.1) is 13.2 Å². The van der Waals surface area contributed by atoms with E-state index in [2.05, 4.69) is 51.7 Å². The van der Waals surface area contributed by atoms with Gasteiger partial charge in [-0.3, -0.25) is 0 Å². The number of aryl methyl sites for hydroxylation is 1. The number of benzene rings is 1. The predicted molar refractivity (Wildman–Crippen MR) is 84.6 cm³/mol. The molecule has 4 heteroatoms. The van der Waals surface area contributed by atoms with Gasteiger partial charge < -0.3 is 10.1 Å². The minimum atomic E-state index is 0.666. The van der Waals surface area contributed by atoms with E-state index in [9.17, 15) is 0 Å². The Balaban J connectivity index is 1.59. The second kappa shape index (κ2) is 7.80. The summed E-state index contributed by atoms with van der Waals surface area (Å²) in [5, 5.41) is 5.54. The van der Waals surface area contributed by atoms with Gasteiger partial charge in [-0.1, -0.05) is 28.1 Å². The molecule has 0 aliphatic carbocycles. The maximum absolute atomic E-state index is 5.64. The summed E-state index contributed by atoms with van der Waals surface area (Å²) < 4.78 is 6.74. The molecule has 102 valence electrons. The van der Waals surface area contributed by atoms with E-state index in [-0.39, 0.29) is 0 Å². The van der Waals surface area contributed by atoms with Crippen molar-refractivity contribution in [3.05, 3.63) is 56.2 Å². The van der Waals surface area contributed by atoms with E-state index in [0.29, 0.717) is 6.61 Å². The summed E-state index contributed by atoms with van der Waals surface area (Å²) in [5.74, 6) is 0. The Labute approximate surface area is 126 Å². The van der Waals surface area contributed by atoms with Crippen LogP contribution in [-0.4, -0.2) is 13.2 Å². The van der Waals surface area contributed by atoms with Gasteiger partial charge in [-0.25, -0.2) is 0 Å². The van der Waals surface area contributed by atoms with E-state index < -0.39 is 0 Å². The van der Waals surface area contributed by atoms with Gasteiger partial charge in [0.2, 0.25) is 0 Å². The minimum absolute atomic E-state index is 0.666. The molecule has 0 atom stereocenters. The number of rotatable bonds is 7. The van der Waals surface area contributed by atoms with Crippen molar-refractivity contribution < 1.29 is 4.74 Å². The first kappa shape index (κ1) is 14.7. The normalized spacial score (nSPS) is 10.8. The molecule has 1 aromatic carbocycles. The molecule has 19 heavy (non-hydrogen) atoms. The third kappa shape index (κ3) is 5.07. The molecular formula is C15H18BrNOS. The van der Waals surface area contributed by atoms with Crippen molar-refractivity contribution in [3.63, 3.8) is 0 Å². The molecule has 0 fully saturated rings. The quantitative estimate of drug-likeness (QED) is 0.766. The smallest absolute Gasteiger partial charge is 0.0717 e. The van der Waals surface area contributed by atoms with Gasteiger partial charge in [0, 0.05) is 22.4 Å². The number of halogens is 1. The summed E-state index contributed by atoms with van der Waals surface area (Å²) in [5.41, 5.74) is 2.57. The van der Waals surface area contributed by atoms with Crippen LogP contribution in [0.5, 0.6) is 0 Å². The van der Waals surface area contributed by atoms with Crippen LogP contribution in [0.2, 0.25) is 0 Å². The fourth-order valence-electron chi connectivity index (χ4n) is 1.75. The maximum Gasteiger partial charge on any atom is 0.0717 e. The van der Waals surface area contributed by atoms with Gasteiger partial charge in [0.15, 0.2) is 0 Å². The van der Waals surface area contributed by atoms with Crippen LogP contribution >= 0.6 is 27.3 Å². The lowest BCUT2D eigenvalue weighted by Crippen LogP contribution is -2.19. The molecule has 0 radical (unpaired) electrons. The second-order valence-corrected chi connectivity index (χ2v) is 6.30. The van der Waals surface area contributed by atoms with Crippen LogP contribution in [0, 0.1) is 6.92 Å². The van der Waals surface area contributed by atoms with Crippen molar-refractivity contribution in [2.45, 2.75) is 20.1 Å². The molecule has 0 saturated carbocycles. The standard InChI is InChI=1S/C15H18BrNOS/c1-12-5-8-19-15(12)10-17-6-7-18-11-13-3-2-4-14(16)9-13/h2-5,8-9,17H,6-7,10-11H2,1H3. The molecule has 2 rings (SSSR count). The lowest BCUT2D eigenvalue weighted by atomic mass is 10.2. The molecular weight excluding hydrogens is 322 g/mol. The molecule has 0 spiro atoms. The van der Waals surface area contributed by atoms with E-state index in [1.165, 1.54) is 16.0 Å². The van der Waals surface area contributed by atoms with Crippen molar-refractivity contribution in [3.8, 4) is 0 Å². The van der Waals surface area contributed by atoms with Gasteiger partial charge in [-0.15, -0.1) is 11.3 Å². The van der Waals surface area contributed by atoms with Gasteiger partial charge in [-0.2, -0.15) is 0 Å². The largest absolute Gasteiger partial charge is 0.375 e. The Morgan fingerprint density at radius 1 is 1.32 bits per heavy atom. The molecule has 2 nitrogen and oxygen atoms in total. The second-order valence-electron chi connectivity index (χ2n) is 4.39. The number of nitrogens with one attached hydrogen (secondary N) is 1. The highest BCUT2D eigenvalue weighted by molar-refractivity contribution is 9.10. The average Bonchev–Trinajstić information content (AvgIpc) is 2.79. The van der Waals surface area contributed by atoms with Gasteiger partial charge in [0.25, 0.3) is 0 Å². The molecule has 0 amide bonds. The van der Waals surface area contributed by atoms with Crippen molar-refractivity contribution in [2.24, 2.45) is 0 Å². The van der Waals surface area contributed by atoms with Crippen LogP contribution in [0.1, 0.15) is 16.0 Å². The SMILES string of the molecule is Cc1ccsc1CNCCOCc1cccc(Br)c1. The first-order valence-electron chi connectivity index (χ1n) is 6.31. The Hall–Kier alpha value is -0.680. The summed E-state index contributed by atoms with van der Waals surface area (Å²) in [6.07, 6.45) is 0. The van der Waals surface area contributed by atoms with Crippen LogP contribution in [-0.2, 0) is 17.9 Å². The number of thiophene rings is 1. The highest BCUT2D eigenvalue weighted by Gasteiger charge is 1.98. The summed E-state index contributed by atoms with van der Waals surface area (Å²) >= 11 is 5.26. The fraction of sp³-hybridized carbons (Fsp3) is 0.333. The molecule has 0 unspecified atom stereocenters. The van der Waals surface area contributed by atoms with Crippen molar-refractivity contribution in [1.29, 1.82) is 0 Å². The first-order chi connectivity index (χ1) is 9.25. The van der Waals surface area contributed by atoms with Crippen molar-refractivity contribution in [1.82, 2.24) is 5.32 Å². The summed E-state index contributed by atoms with van der Waals surface area (Å²) in [4.78, 5) is 1.41. The third-order valence-corrected chi connectivity index (χ3v) is 4.35. The molecule has 0 aliphatic heterocycles. The Bertz CT molecular complexity index is 512. The molecule has 1 heterocycles. The van der Waals surface area contributed by atoms with Crippen LogP contribution in [0.15, 0.2) is 40.2 Å². The topological polar surface area (TPSA) is 21.3 Å². The minimum Gasteiger partial charge on any atom is -0.375 e. The van der Waals surface area contributed by atoms with E-state index in [1.807, 2.05) is 12.1 Å². The molecule has 1 N–H and O–H groups in total. The van der Waals surface area contributed by atoms with E-state index in [1.54, 1.807) is 11.3 Å². The van der Waals surface area contributed by atoms with Crippen molar-refractivity contribution in [2.75, 3.05) is 13.2 Å². The zero-order valence-electron chi connectivity index (χ0n) is 11.0. The fourth-order valence-corrected chi connectivity index (χ4v) is 3.07. The zero-order valence-corrected chi connectivity index (χ0v) is 13.4. The lowest BCUT2D eigenvalue weighted by molar-refractivity contribution is 0.122. The highest BCUT2D eigenvalue weighted by Crippen LogP contribution is 2.14. The van der Waals surface area contributed by atoms with Gasteiger partial charge >= 0.3 is 0 Å². The summed E-state index contributed by atoms with van der Waals surface area (Å²) in [7, 11) is 0. The molecule has 0 saturated heterocycles. The lowest BCUT2D eigenvalue weighted by Gasteiger charge is -2.06. The average molecular weight is 340 g/mol. The van der Waals surface area contributed by atoms with E-state index >= 15 is 0 Å². The van der Waals surface area contributed by atoms with Gasteiger partial charge in [0.1, 0.15) is 0 Å². The molecule has 0 bridgehead atoms. The molecule has 1 aromatic heterocycles.